The van der Waals surface area contributed by atoms with Crippen LogP contribution in [0.4, 0.5) is 0 Å². The van der Waals surface area contributed by atoms with Gasteiger partial charge in [0.1, 0.15) is 11.5 Å². The van der Waals surface area contributed by atoms with E-state index in [0.717, 1.165) is 16.7 Å². The molecule has 0 atom stereocenters. The average molecular weight is 447 g/mol. The van der Waals surface area contributed by atoms with Gasteiger partial charge in [0.15, 0.2) is 18.1 Å². The summed E-state index contributed by atoms with van der Waals surface area (Å²) in [5.74, 6) is 0.975. The second kappa shape index (κ2) is 9.20. The van der Waals surface area contributed by atoms with Crippen LogP contribution in [-0.4, -0.2) is 18.2 Å². The number of hydrogen-bond acceptors (Lipinski definition) is 4. The summed E-state index contributed by atoms with van der Waals surface area (Å²) in [5.41, 5.74) is 4.89. The van der Waals surface area contributed by atoms with E-state index in [4.69, 9.17) is 9.47 Å². The zero-order chi connectivity index (χ0) is 23.5. The number of allylic oxidation sites excluding steroid dienone is 1. The molecule has 0 spiro atoms. The molecule has 1 aliphatic rings. The van der Waals surface area contributed by atoms with Crippen molar-refractivity contribution in [1.29, 1.82) is 0 Å². The molecule has 166 valence electrons. The molecule has 0 aromatic heterocycles. The fourth-order valence-corrected chi connectivity index (χ4v) is 3.93. The molecule has 0 N–H and O–H groups in total. The van der Waals surface area contributed by atoms with Crippen molar-refractivity contribution in [2.45, 2.75) is 6.92 Å². The Balaban J connectivity index is 1.32. The first-order chi connectivity index (χ1) is 16.6. The van der Waals surface area contributed by atoms with Gasteiger partial charge in [0.05, 0.1) is 5.56 Å². The highest BCUT2D eigenvalue weighted by Gasteiger charge is 2.30. The van der Waals surface area contributed by atoms with Gasteiger partial charge in [-0.1, -0.05) is 84.9 Å². The maximum Gasteiger partial charge on any atom is 0.231 e. The van der Waals surface area contributed by atoms with Crippen LogP contribution in [0.15, 0.2) is 103 Å². The van der Waals surface area contributed by atoms with E-state index in [0.29, 0.717) is 28.2 Å². The predicted octanol–water partition coefficient (Wildman–Crippen LogP) is 6.54. The summed E-state index contributed by atoms with van der Waals surface area (Å²) in [6.07, 6.45) is 1.75. The summed E-state index contributed by atoms with van der Waals surface area (Å²) in [6, 6.07) is 30.5. The molecule has 4 heteroatoms. The van der Waals surface area contributed by atoms with Gasteiger partial charge in [-0.25, -0.2) is 0 Å². The van der Waals surface area contributed by atoms with E-state index in [1.165, 1.54) is 0 Å². The first-order valence-corrected chi connectivity index (χ1v) is 11.0. The summed E-state index contributed by atoms with van der Waals surface area (Å²) >= 11 is 0. The van der Waals surface area contributed by atoms with Crippen molar-refractivity contribution in [2.24, 2.45) is 0 Å². The lowest BCUT2D eigenvalue weighted by atomic mass is 10.0. The number of ketones is 2. The van der Waals surface area contributed by atoms with E-state index < -0.39 is 0 Å². The standard InChI is InChI=1S/C30H22O4/c1-20-27(33-19-26(31)24-10-6-3-7-11-24)17-16-25-29(32)28(34-30(20)25)18-21-12-14-23(15-13-21)22-8-4-2-5-9-22/h2-18H,19H2,1H3/b28-18-. The fraction of sp³-hybridized carbons (Fsp3) is 0.0667. The van der Waals surface area contributed by atoms with Crippen LogP contribution < -0.4 is 9.47 Å². The Kier molecular flexibility index (Phi) is 5.79. The van der Waals surface area contributed by atoms with Crippen molar-refractivity contribution in [3.05, 3.63) is 125 Å². The molecule has 5 rings (SSSR count). The Labute approximate surface area is 198 Å². The normalized spacial score (nSPS) is 13.4. The molecule has 0 amide bonds. The van der Waals surface area contributed by atoms with Crippen LogP contribution in [0.2, 0.25) is 0 Å². The monoisotopic (exact) mass is 446 g/mol. The lowest BCUT2D eigenvalue weighted by Crippen LogP contribution is -2.12. The Morgan fingerprint density at radius 1 is 0.824 bits per heavy atom. The van der Waals surface area contributed by atoms with Crippen molar-refractivity contribution < 1.29 is 19.1 Å². The van der Waals surface area contributed by atoms with Crippen LogP contribution in [0.3, 0.4) is 0 Å². The van der Waals surface area contributed by atoms with Crippen LogP contribution in [0.25, 0.3) is 17.2 Å². The number of Topliss-reactive ketones (excluding diaryl/α,β-unsaturated/α-hetero) is 2. The van der Waals surface area contributed by atoms with E-state index >= 15 is 0 Å². The van der Waals surface area contributed by atoms with Crippen molar-refractivity contribution in [2.75, 3.05) is 6.61 Å². The lowest BCUT2D eigenvalue weighted by molar-refractivity contribution is 0.0920. The van der Waals surface area contributed by atoms with Crippen LogP contribution in [0.1, 0.15) is 31.8 Å². The van der Waals surface area contributed by atoms with Crippen molar-refractivity contribution in [3.8, 4) is 22.6 Å². The molecule has 34 heavy (non-hydrogen) atoms. The molecular formula is C30H22O4. The van der Waals surface area contributed by atoms with Gasteiger partial charge < -0.3 is 9.47 Å². The molecule has 0 fully saturated rings. The van der Waals surface area contributed by atoms with E-state index in [-0.39, 0.29) is 23.9 Å². The number of carbonyl (C=O) groups excluding carboxylic acids is 2. The van der Waals surface area contributed by atoms with Crippen LogP contribution in [-0.2, 0) is 0 Å². The van der Waals surface area contributed by atoms with Crippen LogP contribution in [0, 0.1) is 6.92 Å². The molecule has 4 nitrogen and oxygen atoms in total. The van der Waals surface area contributed by atoms with Crippen molar-refractivity contribution in [1.82, 2.24) is 0 Å². The van der Waals surface area contributed by atoms with E-state index in [1.54, 1.807) is 30.3 Å². The number of fused-ring (bicyclic) bond motifs is 1. The highest BCUT2D eigenvalue weighted by molar-refractivity contribution is 6.15. The summed E-state index contributed by atoms with van der Waals surface area (Å²) < 4.78 is 11.7. The Morgan fingerprint density at radius 3 is 2.18 bits per heavy atom. The second-order valence-electron chi connectivity index (χ2n) is 8.07. The summed E-state index contributed by atoms with van der Waals surface area (Å²) in [5, 5.41) is 0. The van der Waals surface area contributed by atoms with Gasteiger partial charge >= 0.3 is 0 Å². The lowest BCUT2D eigenvalue weighted by Gasteiger charge is -2.11. The fourth-order valence-electron chi connectivity index (χ4n) is 3.93. The molecule has 0 unspecified atom stereocenters. The highest BCUT2D eigenvalue weighted by Crippen LogP contribution is 2.39. The van der Waals surface area contributed by atoms with Crippen molar-refractivity contribution in [3.63, 3.8) is 0 Å². The quantitative estimate of drug-likeness (QED) is 0.249. The smallest absolute Gasteiger partial charge is 0.231 e. The molecule has 1 heterocycles. The third-order valence-electron chi connectivity index (χ3n) is 5.81. The molecule has 4 aromatic carbocycles. The largest absolute Gasteiger partial charge is 0.485 e. The van der Waals surface area contributed by atoms with Crippen molar-refractivity contribution >= 4 is 17.6 Å². The third-order valence-corrected chi connectivity index (χ3v) is 5.81. The summed E-state index contributed by atoms with van der Waals surface area (Å²) in [6.45, 7) is 1.74. The Hall–Kier alpha value is -4.44. The molecule has 0 radical (unpaired) electrons. The van der Waals surface area contributed by atoms with Gasteiger partial charge in [0.25, 0.3) is 0 Å². The molecule has 1 aliphatic heterocycles. The summed E-state index contributed by atoms with van der Waals surface area (Å²) in [4.78, 5) is 25.3. The van der Waals surface area contributed by atoms with Gasteiger partial charge in [0.2, 0.25) is 5.78 Å². The molecule has 0 saturated heterocycles. The zero-order valence-corrected chi connectivity index (χ0v) is 18.7. The SMILES string of the molecule is Cc1c(OCC(=O)c2ccccc2)ccc2c1O/C(=C\c1ccc(-c3ccccc3)cc1)C2=O. The van der Waals surface area contributed by atoms with Crippen LogP contribution in [0.5, 0.6) is 11.5 Å². The molecule has 0 aliphatic carbocycles. The Bertz CT molecular complexity index is 1390. The number of ether oxygens (including phenoxy) is 2. The maximum absolute atomic E-state index is 12.9. The number of benzene rings is 4. The number of rotatable bonds is 6. The van der Waals surface area contributed by atoms with Crippen LogP contribution >= 0.6 is 0 Å². The highest BCUT2D eigenvalue weighted by atomic mass is 16.5. The average Bonchev–Trinajstić information content (AvgIpc) is 3.20. The molecule has 4 aromatic rings. The Morgan fingerprint density at radius 2 is 1.47 bits per heavy atom. The third kappa shape index (κ3) is 4.26. The minimum Gasteiger partial charge on any atom is -0.485 e. The van der Waals surface area contributed by atoms with E-state index in [1.807, 2.05) is 67.6 Å². The first-order valence-electron chi connectivity index (χ1n) is 11.0. The van der Waals surface area contributed by atoms with Gasteiger partial charge in [-0.3, -0.25) is 9.59 Å². The second-order valence-corrected chi connectivity index (χ2v) is 8.07. The number of carbonyl (C=O) groups is 2. The van der Waals surface area contributed by atoms with Gasteiger partial charge in [-0.05, 0) is 41.8 Å². The minimum atomic E-state index is -0.169. The van der Waals surface area contributed by atoms with E-state index in [9.17, 15) is 9.59 Å². The summed E-state index contributed by atoms with van der Waals surface area (Å²) in [7, 11) is 0. The molecule has 0 bridgehead atoms. The van der Waals surface area contributed by atoms with Gasteiger partial charge in [-0.2, -0.15) is 0 Å². The molecular weight excluding hydrogens is 424 g/mol. The van der Waals surface area contributed by atoms with Gasteiger partial charge in [0, 0.05) is 11.1 Å². The first kappa shape index (κ1) is 21.4. The maximum atomic E-state index is 12.9. The van der Waals surface area contributed by atoms with Gasteiger partial charge in [-0.15, -0.1) is 0 Å². The molecule has 0 saturated carbocycles. The minimum absolute atomic E-state index is 0.0892. The number of hydrogen-bond donors (Lipinski definition) is 0. The predicted molar refractivity (Wildman–Crippen MR) is 132 cm³/mol. The topological polar surface area (TPSA) is 52.6 Å². The van der Waals surface area contributed by atoms with E-state index in [2.05, 4.69) is 12.1 Å². The zero-order valence-electron chi connectivity index (χ0n) is 18.7.